The molecule has 9 nitrogen and oxygen atoms in total. The topological polar surface area (TPSA) is 169 Å². The van der Waals surface area contributed by atoms with Crippen molar-refractivity contribution in [2.75, 3.05) is 0 Å². The molecule has 0 aromatic heterocycles. The Labute approximate surface area is 150 Å². The number of hydrogen-bond donors (Lipinski definition) is 3. The van der Waals surface area contributed by atoms with Gasteiger partial charge in [-0.3, -0.25) is 16.0 Å². The standard InChI is InChI=1S/C9H9N5O.C7H8O3S/c10-5-7-2-1-3-8(4-7)6-13-14(15)9(11)12;1-6-2-4-7(5-3-6)11(8,9)10/h1-4,6H,11-12H2;2-5H,1H3,(H,8,9,10)/b13-6+;. The number of hydrogen-bond acceptors (Lipinski definition) is 5. The highest BCUT2D eigenvalue weighted by Gasteiger charge is 2.06. The maximum absolute atomic E-state index is 10.8. The normalized spacial score (nSPS) is 10.5. The number of aryl methyl sites for hydroxylation is 1. The van der Waals surface area contributed by atoms with Gasteiger partial charge in [0, 0.05) is 0 Å². The van der Waals surface area contributed by atoms with E-state index < -0.39 is 16.1 Å². The van der Waals surface area contributed by atoms with E-state index in [0.717, 1.165) is 5.56 Å². The molecule has 0 saturated carbocycles. The minimum absolute atomic E-state index is 0.0666. The van der Waals surface area contributed by atoms with E-state index in [0.29, 0.717) is 11.1 Å². The first kappa shape index (κ1) is 20.6. The van der Waals surface area contributed by atoms with Gasteiger partial charge in [0.15, 0.2) is 0 Å². The van der Waals surface area contributed by atoms with Gasteiger partial charge in [-0.15, -0.1) is 9.95 Å². The molecular formula is C16H17N5O4S. The lowest BCUT2D eigenvalue weighted by Gasteiger charge is -2.02. The SMILES string of the molecule is Cc1ccc(S(=O)(=O)O)cc1.N#Cc1cccc(/C=N/[N+]([O-])=C(N)N)c1. The monoisotopic (exact) mass is 375 g/mol. The van der Waals surface area contributed by atoms with Gasteiger partial charge in [0.2, 0.25) is 0 Å². The highest BCUT2D eigenvalue weighted by Crippen LogP contribution is 2.08. The van der Waals surface area contributed by atoms with Gasteiger partial charge in [0.25, 0.3) is 10.1 Å². The molecule has 10 heteroatoms. The van der Waals surface area contributed by atoms with Gasteiger partial charge >= 0.3 is 5.96 Å². The third-order valence-corrected chi connectivity index (χ3v) is 3.74. The summed E-state index contributed by atoms with van der Waals surface area (Å²) in [7, 11) is -4.02. The van der Waals surface area contributed by atoms with Crippen LogP contribution in [0.25, 0.3) is 0 Å². The smallest absolute Gasteiger partial charge is 0.366 e. The average Bonchev–Trinajstić information content (AvgIpc) is 2.60. The number of nitrogens with zero attached hydrogens (tertiary/aromatic N) is 3. The minimum Gasteiger partial charge on any atom is -0.722 e. The Morgan fingerprint density at radius 3 is 2.38 bits per heavy atom. The van der Waals surface area contributed by atoms with Crippen LogP contribution in [-0.2, 0) is 10.1 Å². The number of benzene rings is 2. The molecule has 0 fully saturated rings. The maximum Gasteiger partial charge on any atom is 0.366 e. The molecular weight excluding hydrogens is 358 g/mol. The first-order valence-corrected chi connectivity index (χ1v) is 8.51. The Balaban J connectivity index is 0.000000273. The van der Waals surface area contributed by atoms with Gasteiger partial charge in [0.05, 0.1) is 22.7 Å². The molecule has 0 aliphatic heterocycles. The van der Waals surface area contributed by atoms with Gasteiger partial charge in [-0.05, 0) is 36.8 Å². The Morgan fingerprint density at radius 1 is 1.27 bits per heavy atom. The van der Waals surface area contributed by atoms with Crippen molar-refractivity contribution in [3.05, 3.63) is 70.4 Å². The van der Waals surface area contributed by atoms with Crippen LogP contribution >= 0.6 is 0 Å². The second kappa shape index (κ2) is 9.16. The first-order valence-electron chi connectivity index (χ1n) is 7.07. The van der Waals surface area contributed by atoms with Gasteiger partial charge < -0.3 is 5.21 Å². The number of nitrogens with two attached hydrogens (primary N) is 2. The largest absolute Gasteiger partial charge is 0.722 e. The summed E-state index contributed by atoms with van der Waals surface area (Å²) in [6, 6.07) is 14.6. The quantitative estimate of drug-likeness (QED) is 0.179. The van der Waals surface area contributed by atoms with Crippen molar-refractivity contribution in [1.29, 1.82) is 5.26 Å². The van der Waals surface area contributed by atoms with Crippen molar-refractivity contribution in [2.45, 2.75) is 11.8 Å². The van der Waals surface area contributed by atoms with E-state index in [1.54, 1.807) is 36.4 Å². The predicted molar refractivity (Wildman–Crippen MR) is 96.8 cm³/mol. The van der Waals surface area contributed by atoms with E-state index >= 15 is 0 Å². The Bertz CT molecular complexity index is 957. The van der Waals surface area contributed by atoms with Gasteiger partial charge in [-0.1, -0.05) is 29.8 Å². The van der Waals surface area contributed by atoms with Crippen molar-refractivity contribution < 1.29 is 17.8 Å². The highest BCUT2D eigenvalue weighted by molar-refractivity contribution is 7.85. The zero-order valence-electron chi connectivity index (χ0n) is 13.8. The maximum atomic E-state index is 10.8. The molecule has 2 aromatic carbocycles. The summed E-state index contributed by atoms with van der Waals surface area (Å²) in [5, 5.41) is 22.9. The van der Waals surface area contributed by atoms with E-state index in [2.05, 4.69) is 5.10 Å². The Hall–Kier alpha value is -3.42. The summed E-state index contributed by atoms with van der Waals surface area (Å²) in [6.07, 6.45) is 1.27. The Kier molecular flexibility index (Phi) is 7.27. The summed E-state index contributed by atoms with van der Waals surface area (Å²) < 4.78 is 29.6. The number of hydrazone groups is 1. The van der Waals surface area contributed by atoms with Crippen LogP contribution in [0.5, 0.6) is 0 Å². The van der Waals surface area contributed by atoms with E-state index in [1.165, 1.54) is 18.3 Å². The van der Waals surface area contributed by atoms with E-state index in [1.807, 2.05) is 13.0 Å². The molecule has 0 radical (unpaired) electrons. The van der Waals surface area contributed by atoms with Crippen molar-refractivity contribution in [1.82, 2.24) is 0 Å². The molecule has 0 spiro atoms. The molecule has 0 atom stereocenters. The van der Waals surface area contributed by atoms with Gasteiger partial charge in [-0.2, -0.15) is 13.7 Å². The van der Waals surface area contributed by atoms with Crippen molar-refractivity contribution >= 4 is 22.3 Å². The molecule has 5 N–H and O–H groups in total. The predicted octanol–water partition coefficient (Wildman–Crippen LogP) is 0.918. The second-order valence-corrected chi connectivity index (χ2v) is 6.39. The summed E-state index contributed by atoms with van der Waals surface area (Å²) in [5.74, 6) is -0.442. The third kappa shape index (κ3) is 7.00. The van der Waals surface area contributed by atoms with Crippen LogP contribution in [0.4, 0.5) is 0 Å². The summed E-state index contributed by atoms with van der Waals surface area (Å²) in [4.78, 5) is 0.0297. The summed E-state index contributed by atoms with van der Waals surface area (Å²) in [6.45, 7) is 1.84. The summed E-state index contributed by atoms with van der Waals surface area (Å²) >= 11 is 0. The molecule has 0 amide bonds. The van der Waals surface area contributed by atoms with Crippen molar-refractivity contribution in [3.8, 4) is 6.07 Å². The lowest BCUT2D eigenvalue weighted by molar-refractivity contribution is -0.463. The van der Waals surface area contributed by atoms with Gasteiger partial charge in [0.1, 0.15) is 0 Å². The Morgan fingerprint density at radius 2 is 1.88 bits per heavy atom. The van der Waals surface area contributed by atoms with Crippen LogP contribution in [0.2, 0.25) is 0 Å². The van der Waals surface area contributed by atoms with Crippen molar-refractivity contribution in [3.63, 3.8) is 0 Å². The number of guanidine groups is 1. The number of rotatable bonds is 3. The van der Waals surface area contributed by atoms with Crippen LogP contribution in [0.1, 0.15) is 16.7 Å². The zero-order chi connectivity index (χ0) is 19.7. The van der Waals surface area contributed by atoms with Crippen LogP contribution in [0.15, 0.2) is 58.5 Å². The van der Waals surface area contributed by atoms with E-state index in [9.17, 15) is 13.6 Å². The lowest BCUT2D eigenvalue weighted by Crippen LogP contribution is -2.30. The fourth-order valence-electron chi connectivity index (χ4n) is 1.58. The second-order valence-electron chi connectivity index (χ2n) is 4.97. The third-order valence-electron chi connectivity index (χ3n) is 2.87. The molecule has 0 heterocycles. The van der Waals surface area contributed by atoms with Gasteiger partial charge in [-0.25, -0.2) is 0 Å². The highest BCUT2D eigenvalue weighted by atomic mass is 32.2. The fraction of sp³-hybridized carbons (Fsp3) is 0.0625. The fourth-order valence-corrected chi connectivity index (χ4v) is 2.06. The minimum atomic E-state index is -4.02. The van der Waals surface area contributed by atoms with Crippen LogP contribution < -0.4 is 11.5 Å². The molecule has 0 aliphatic rings. The van der Waals surface area contributed by atoms with E-state index in [-0.39, 0.29) is 9.74 Å². The van der Waals surface area contributed by atoms with E-state index in [4.69, 9.17) is 21.3 Å². The first-order chi connectivity index (χ1) is 12.1. The molecule has 26 heavy (non-hydrogen) atoms. The molecule has 0 aliphatic carbocycles. The molecule has 2 aromatic rings. The zero-order valence-corrected chi connectivity index (χ0v) is 14.6. The van der Waals surface area contributed by atoms with Crippen molar-refractivity contribution in [2.24, 2.45) is 16.6 Å². The lowest BCUT2D eigenvalue weighted by atomic mass is 10.1. The molecule has 0 unspecified atom stereocenters. The molecule has 2 rings (SSSR count). The van der Waals surface area contributed by atoms with Crippen LogP contribution in [0, 0.1) is 23.5 Å². The molecule has 136 valence electrons. The number of nitriles is 1. The average molecular weight is 375 g/mol. The molecule has 0 saturated heterocycles. The molecule has 0 bridgehead atoms. The van der Waals surface area contributed by atoms with Crippen LogP contribution in [-0.4, -0.2) is 30.0 Å². The summed E-state index contributed by atoms with van der Waals surface area (Å²) in [5.41, 5.74) is 12.1. The van der Waals surface area contributed by atoms with Crippen LogP contribution in [0.3, 0.4) is 0 Å².